The van der Waals surface area contributed by atoms with Crippen LogP contribution in [0.3, 0.4) is 0 Å². The van der Waals surface area contributed by atoms with Crippen LogP contribution in [0.1, 0.15) is 26.7 Å². The third-order valence-corrected chi connectivity index (χ3v) is 1.90. The van der Waals surface area contributed by atoms with E-state index in [1.54, 1.807) is 6.92 Å². The van der Waals surface area contributed by atoms with E-state index >= 15 is 0 Å². The van der Waals surface area contributed by atoms with Crippen LogP contribution >= 0.6 is 11.8 Å². The van der Waals surface area contributed by atoms with E-state index in [-0.39, 0.29) is 16.9 Å². The minimum atomic E-state index is -0.148. The Bertz CT molecular complexity index is 201. The summed E-state index contributed by atoms with van der Waals surface area (Å²) in [4.78, 5) is 30.2. The smallest absolute Gasteiger partial charge is 0.227 e. The summed E-state index contributed by atoms with van der Waals surface area (Å²) in [7, 11) is 0. The molecular weight excluding hydrogens is 190 g/mol. The number of hydrogen-bond donors (Lipinski definition) is 1. The first-order valence-corrected chi connectivity index (χ1v) is 5.00. The molecule has 0 spiro atoms. The second-order valence-electron chi connectivity index (χ2n) is 2.40. The van der Waals surface area contributed by atoms with Gasteiger partial charge in [0.05, 0.1) is 0 Å². The van der Waals surface area contributed by atoms with Crippen molar-refractivity contribution in [1.82, 2.24) is 5.32 Å². The van der Waals surface area contributed by atoms with Gasteiger partial charge in [-0.25, -0.2) is 0 Å². The van der Waals surface area contributed by atoms with Crippen molar-refractivity contribution in [2.45, 2.75) is 26.7 Å². The van der Waals surface area contributed by atoms with Crippen molar-refractivity contribution in [2.75, 3.05) is 5.75 Å². The average Bonchev–Trinajstić information content (AvgIpc) is 2.35. The summed E-state index contributed by atoms with van der Waals surface area (Å²) in [6.07, 6.45) is 0.748. The lowest BCUT2D eigenvalue weighted by Gasteiger charge is -1.80. The largest absolute Gasteiger partial charge is 0.296 e. The number of carbonyl (C=O) groups is 3. The summed E-state index contributed by atoms with van der Waals surface area (Å²) in [5, 5.41) is 2.34. The van der Waals surface area contributed by atoms with Crippen molar-refractivity contribution in [1.29, 1.82) is 0 Å². The molecule has 0 aromatic rings. The zero-order valence-electron chi connectivity index (χ0n) is 7.75. The van der Waals surface area contributed by atoms with Crippen molar-refractivity contribution in [3.8, 4) is 0 Å². The minimum Gasteiger partial charge on any atom is -0.296 e. The molecule has 1 saturated heterocycles. The Labute approximate surface area is 81.5 Å². The van der Waals surface area contributed by atoms with E-state index in [1.807, 2.05) is 6.92 Å². The van der Waals surface area contributed by atoms with Crippen molar-refractivity contribution >= 4 is 28.7 Å². The van der Waals surface area contributed by atoms with Crippen LogP contribution < -0.4 is 5.32 Å². The Balaban J connectivity index is 0.000000226. The molecule has 1 aliphatic rings. The van der Waals surface area contributed by atoms with Gasteiger partial charge in [0.15, 0.2) is 5.12 Å². The highest BCUT2D eigenvalue weighted by atomic mass is 32.2. The number of rotatable bonds is 1. The molecule has 0 aliphatic carbocycles. The van der Waals surface area contributed by atoms with Crippen LogP contribution in [0, 0.1) is 0 Å². The van der Waals surface area contributed by atoms with Crippen LogP contribution in [0.5, 0.6) is 0 Å². The van der Waals surface area contributed by atoms with Crippen molar-refractivity contribution < 1.29 is 14.4 Å². The van der Waals surface area contributed by atoms with Crippen LogP contribution in [0.2, 0.25) is 0 Å². The monoisotopic (exact) mass is 203 g/mol. The number of thioether (sulfide) groups is 1. The predicted molar refractivity (Wildman–Crippen MR) is 51.2 cm³/mol. The van der Waals surface area contributed by atoms with E-state index in [9.17, 15) is 14.4 Å². The second-order valence-corrected chi connectivity index (χ2v) is 3.84. The first-order chi connectivity index (χ1) is 6.06. The summed E-state index contributed by atoms with van der Waals surface area (Å²) < 4.78 is 0. The fourth-order valence-electron chi connectivity index (χ4n) is 0.711. The van der Waals surface area contributed by atoms with Gasteiger partial charge in [-0.2, -0.15) is 0 Å². The number of nitrogens with one attached hydrogen (secondary N) is 1. The normalized spacial score (nSPS) is 14.6. The zero-order chi connectivity index (χ0) is 10.3. The summed E-state index contributed by atoms with van der Waals surface area (Å²) >= 11 is 1.35. The maximum Gasteiger partial charge on any atom is 0.227 e. The van der Waals surface area contributed by atoms with Crippen LogP contribution in [0.4, 0.5) is 0 Å². The molecule has 5 heteroatoms. The van der Waals surface area contributed by atoms with Gasteiger partial charge in [-0.1, -0.05) is 18.7 Å². The average molecular weight is 203 g/mol. The molecule has 4 nitrogen and oxygen atoms in total. The van der Waals surface area contributed by atoms with Gasteiger partial charge in [0.25, 0.3) is 0 Å². The molecule has 74 valence electrons. The minimum absolute atomic E-state index is 0.148. The predicted octanol–water partition coefficient (Wildman–Crippen LogP) is 0.709. The molecule has 0 bridgehead atoms. The molecule has 0 aromatic carbocycles. The molecule has 2 amide bonds. The lowest BCUT2D eigenvalue weighted by molar-refractivity contribution is -0.124. The van der Waals surface area contributed by atoms with Crippen LogP contribution in [0.25, 0.3) is 0 Å². The van der Waals surface area contributed by atoms with Gasteiger partial charge in [0, 0.05) is 19.8 Å². The van der Waals surface area contributed by atoms with Gasteiger partial charge in [0.1, 0.15) is 0 Å². The standard InChI is InChI=1S/C4H5NO2.C4H8OS/c6-3-1-2-4(7)5-3;1-3-6-4(2)5/h1-2H2,(H,5,6,7);3H2,1-2H3. The third kappa shape index (κ3) is 7.52. The Kier molecular flexibility index (Phi) is 6.22. The maximum atomic E-state index is 10.1. The molecule has 1 rings (SSSR count). The lowest BCUT2D eigenvalue weighted by Crippen LogP contribution is -2.18. The number of hydrogen-bond acceptors (Lipinski definition) is 4. The van der Waals surface area contributed by atoms with Gasteiger partial charge >= 0.3 is 0 Å². The third-order valence-electron chi connectivity index (χ3n) is 1.21. The van der Waals surface area contributed by atoms with E-state index in [1.165, 1.54) is 11.8 Å². The summed E-state index contributed by atoms with van der Waals surface area (Å²) in [5.41, 5.74) is 0. The molecule has 1 aliphatic heterocycles. The van der Waals surface area contributed by atoms with E-state index in [4.69, 9.17) is 0 Å². The van der Waals surface area contributed by atoms with E-state index in [0.717, 1.165) is 5.75 Å². The van der Waals surface area contributed by atoms with Crippen molar-refractivity contribution in [3.63, 3.8) is 0 Å². The molecule has 0 radical (unpaired) electrons. The van der Waals surface area contributed by atoms with E-state index in [0.29, 0.717) is 12.8 Å². The Morgan fingerprint density at radius 1 is 1.38 bits per heavy atom. The number of amides is 2. The fraction of sp³-hybridized carbons (Fsp3) is 0.625. The molecule has 0 unspecified atom stereocenters. The Morgan fingerprint density at radius 2 is 1.85 bits per heavy atom. The highest BCUT2D eigenvalue weighted by Crippen LogP contribution is 1.96. The fourth-order valence-corrected chi connectivity index (χ4v) is 1.12. The Morgan fingerprint density at radius 3 is 1.92 bits per heavy atom. The van der Waals surface area contributed by atoms with Crippen molar-refractivity contribution in [3.05, 3.63) is 0 Å². The van der Waals surface area contributed by atoms with Crippen molar-refractivity contribution in [2.24, 2.45) is 0 Å². The molecule has 1 fully saturated rings. The van der Waals surface area contributed by atoms with Gasteiger partial charge in [-0.05, 0) is 5.75 Å². The maximum absolute atomic E-state index is 10.1. The van der Waals surface area contributed by atoms with Crippen LogP contribution in [0.15, 0.2) is 0 Å². The molecule has 13 heavy (non-hydrogen) atoms. The molecule has 0 aromatic heterocycles. The zero-order valence-corrected chi connectivity index (χ0v) is 8.57. The SMILES string of the molecule is CCSC(C)=O.O=C1CCC(=O)N1. The topological polar surface area (TPSA) is 63.2 Å². The number of carbonyl (C=O) groups excluding carboxylic acids is 3. The molecule has 0 atom stereocenters. The summed E-state index contributed by atoms with van der Waals surface area (Å²) in [6.45, 7) is 3.54. The quantitative estimate of drug-likeness (QED) is 0.637. The van der Waals surface area contributed by atoms with Crippen LogP contribution in [-0.4, -0.2) is 22.7 Å². The first kappa shape index (κ1) is 12.2. The van der Waals surface area contributed by atoms with Gasteiger partial charge in [0.2, 0.25) is 11.8 Å². The first-order valence-electron chi connectivity index (χ1n) is 4.02. The highest BCUT2D eigenvalue weighted by Gasteiger charge is 2.15. The molecule has 0 saturated carbocycles. The summed E-state index contributed by atoms with van der Waals surface area (Å²) in [5.74, 6) is 0.602. The Hall–Kier alpha value is -0.840. The molecular formula is C8H13NO3S. The van der Waals surface area contributed by atoms with Gasteiger partial charge in [-0.15, -0.1) is 0 Å². The van der Waals surface area contributed by atoms with Crippen LogP contribution in [-0.2, 0) is 14.4 Å². The lowest BCUT2D eigenvalue weighted by atomic mass is 10.4. The summed E-state index contributed by atoms with van der Waals surface area (Å²) in [6, 6.07) is 0. The molecule has 1 N–H and O–H groups in total. The van der Waals surface area contributed by atoms with Gasteiger partial charge < -0.3 is 0 Å². The highest BCUT2D eigenvalue weighted by molar-refractivity contribution is 8.13. The van der Waals surface area contributed by atoms with Gasteiger partial charge in [-0.3, -0.25) is 19.7 Å². The molecule has 1 heterocycles. The number of imide groups is 1. The van der Waals surface area contributed by atoms with E-state index < -0.39 is 0 Å². The van der Waals surface area contributed by atoms with E-state index in [2.05, 4.69) is 5.32 Å². The second kappa shape index (κ2) is 6.65.